The minimum atomic E-state index is -3.59. The number of sulfonamides is 1. The van der Waals surface area contributed by atoms with Gasteiger partial charge in [0.15, 0.2) is 9.84 Å². The van der Waals surface area contributed by atoms with E-state index in [9.17, 15) is 16.8 Å². The molecule has 0 amide bonds. The molecular formula is C14H22N2O4S2. The molecule has 1 atom stereocenters. The summed E-state index contributed by atoms with van der Waals surface area (Å²) in [4.78, 5) is 0.196. The van der Waals surface area contributed by atoms with Crippen LogP contribution in [-0.2, 0) is 19.9 Å². The zero-order valence-corrected chi connectivity index (χ0v) is 14.2. The highest BCUT2D eigenvalue weighted by Gasteiger charge is 2.17. The van der Waals surface area contributed by atoms with Crippen molar-refractivity contribution in [3.8, 4) is 0 Å². The Kier molecular flexibility index (Phi) is 5.60. The van der Waals surface area contributed by atoms with Crippen LogP contribution in [0.15, 0.2) is 34.1 Å². The summed E-state index contributed by atoms with van der Waals surface area (Å²) in [6.45, 7) is 2.36. The molecule has 124 valence electrons. The average Bonchev–Trinajstić information content (AvgIpc) is 2.47. The van der Waals surface area contributed by atoms with Gasteiger partial charge in [0.25, 0.3) is 0 Å². The van der Waals surface area contributed by atoms with E-state index in [2.05, 4.69) is 10.0 Å². The van der Waals surface area contributed by atoms with Crippen molar-refractivity contribution < 1.29 is 16.8 Å². The molecule has 1 aromatic carbocycles. The molecule has 1 aliphatic rings. The monoisotopic (exact) mass is 346 g/mol. The molecule has 2 rings (SSSR count). The molecule has 22 heavy (non-hydrogen) atoms. The Bertz CT molecular complexity index is 691. The molecule has 0 bridgehead atoms. The van der Waals surface area contributed by atoms with Gasteiger partial charge in [-0.05, 0) is 62.5 Å². The summed E-state index contributed by atoms with van der Waals surface area (Å²) < 4.78 is 49.6. The second-order valence-corrected chi connectivity index (χ2v) is 9.43. The predicted octanol–water partition coefficient (Wildman–Crippen LogP) is 0.758. The molecule has 0 aliphatic carbocycles. The summed E-state index contributed by atoms with van der Waals surface area (Å²) in [5, 5.41) is 3.30. The minimum absolute atomic E-state index is 0.0849. The number of benzene rings is 1. The van der Waals surface area contributed by atoms with Gasteiger partial charge in [-0.15, -0.1) is 0 Å². The normalized spacial score (nSPS) is 20.0. The van der Waals surface area contributed by atoms with E-state index in [1.807, 2.05) is 0 Å². The summed E-state index contributed by atoms with van der Waals surface area (Å²) in [5.74, 6) is 0.504. The van der Waals surface area contributed by atoms with Gasteiger partial charge in [-0.25, -0.2) is 21.6 Å². The molecule has 0 aromatic heterocycles. The maximum Gasteiger partial charge on any atom is 0.240 e. The Morgan fingerprint density at radius 2 is 1.77 bits per heavy atom. The molecule has 1 heterocycles. The van der Waals surface area contributed by atoms with Crippen molar-refractivity contribution >= 4 is 19.9 Å². The summed E-state index contributed by atoms with van der Waals surface area (Å²) in [6.07, 6.45) is 4.14. The van der Waals surface area contributed by atoms with Crippen LogP contribution in [0.4, 0.5) is 0 Å². The van der Waals surface area contributed by atoms with Crippen molar-refractivity contribution in [3.63, 3.8) is 0 Å². The first-order valence-electron chi connectivity index (χ1n) is 7.29. The zero-order valence-electron chi connectivity index (χ0n) is 12.6. The van der Waals surface area contributed by atoms with Gasteiger partial charge in [0.2, 0.25) is 10.0 Å². The van der Waals surface area contributed by atoms with E-state index in [0.29, 0.717) is 12.5 Å². The van der Waals surface area contributed by atoms with Gasteiger partial charge in [-0.1, -0.05) is 0 Å². The lowest BCUT2D eigenvalue weighted by atomic mass is 9.96. The number of hydrogen-bond donors (Lipinski definition) is 2. The number of sulfone groups is 1. The van der Waals surface area contributed by atoms with Crippen LogP contribution in [-0.4, -0.2) is 42.7 Å². The van der Waals surface area contributed by atoms with Crippen LogP contribution < -0.4 is 10.0 Å². The van der Waals surface area contributed by atoms with Crippen molar-refractivity contribution in [3.05, 3.63) is 24.3 Å². The number of hydrogen-bond acceptors (Lipinski definition) is 5. The molecule has 6 nitrogen and oxygen atoms in total. The molecular weight excluding hydrogens is 324 g/mol. The Morgan fingerprint density at radius 3 is 2.32 bits per heavy atom. The third kappa shape index (κ3) is 4.77. The highest BCUT2D eigenvalue weighted by atomic mass is 32.2. The second kappa shape index (κ2) is 7.08. The third-order valence-corrected chi connectivity index (χ3v) is 6.41. The largest absolute Gasteiger partial charge is 0.316 e. The van der Waals surface area contributed by atoms with Crippen molar-refractivity contribution in [1.82, 2.24) is 10.0 Å². The first kappa shape index (κ1) is 17.4. The van der Waals surface area contributed by atoms with Gasteiger partial charge in [-0.2, -0.15) is 0 Å². The highest BCUT2D eigenvalue weighted by molar-refractivity contribution is 7.90. The SMILES string of the molecule is CS(=O)(=O)c1ccc(S(=O)(=O)NCCC2CCCNC2)cc1. The lowest BCUT2D eigenvalue weighted by Gasteiger charge is -2.22. The van der Waals surface area contributed by atoms with E-state index in [0.717, 1.165) is 38.6 Å². The zero-order chi connectivity index (χ0) is 16.2. The van der Waals surface area contributed by atoms with Crippen LogP contribution in [0, 0.1) is 5.92 Å². The van der Waals surface area contributed by atoms with E-state index in [1.165, 1.54) is 24.3 Å². The summed E-state index contributed by atoms with van der Waals surface area (Å²) in [6, 6.07) is 5.27. The number of rotatable bonds is 6. The van der Waals surface area contributed by atoms with Crippen molar-refractivity contribution in [2.75, 3.05) is 25.9 Å². The van der Waals surface area contributed by atoms with E-state index in [-0.39, 0.29) is 9.79 Å². The topological polar surface area (TPSA) is 92.3 Å². The number of nitrogens with one attached hydrogen (secondary N) is 2. The standard InChI is InChI=1S/C14H22N2O4S2/c1-21(17,18)13-4-6-14(7-5-13)22(19,20)16-10-8-12-3-2-9-15-11-12/h4-7,12,15-16H,2-3,8-11H2,1H3. The van der Waals surface area contributed by atoms with Gasteiger partial charge < -0.3 is 5.32 Å². The first-order valence-corrected chi connectivity index (χ1v) is 10.7. The fraction of sp³-hybridized carbons (Fsp3) is 0.571. The molecule has 1 unspecified atom stereocenters. The molecule has 1 aromatic rings. The summed E-state index contributed by atoms with van der Waals surface area (Å²) in [7, 11) is -6.91. The van der Waals surface area contributed by atoms with Crippen molar-refractivity contribution in [2.24, 2.45) is 5.92 Å². The van der Waals surface area contributed by atoms with Gasteiger partial charge >= 0.3 is 0 Å². The molecule has 1 saturated heterocycles. The Hall–Kier alpha value is -0.960. The van der Waals surface area contributed by atoms with Gasteiger partial charge in [0, 0.05) is 12.8 Å². The van der Waals surface area contributed by atoms with E-state index >= 15 is 0 Å². The Labute approximate surface area is 132 Å². The van der Waals surface area contributed by atoms with Crippen LogP contribution in [0.1, 0.15) is 19.3 Å². The molecule has 8 heteroatoms. The van der Waals surface area contributed by atoms with Crippen LogP contribution in [0.5, 0.6) is 0 Å². The van der Waals surface area contributed by atoms with E-state index in [1.54, 1.807) is 0 Å². The van der Waals surface area contributed by atoms with Crippen LogP contribution in [0.25, 0.3) is 0 Å². The lowest BCUT2D eigenvalue weighted by molar-refractivity contribution is 0.358. The molecule has 1 aliphatic heterocycles. The Morgan fingerprint density at radius 1 is 1.14 bits per heavy atom. The average molecular weight is 346 g/mol. The minimum Gasteiger partial charge on any atom is -0.316 e. The van der Waals surface area contributed by atoms with Crippen LogP contribution >= 0.6 is 0 Å². The van der Waals surface area contributed by atoms with Crippen molar-refractivity contribution in [2.45, 2.75) is 29.1 Å². The second-order valence-electron chi connectivity index (χ2n) is 5.64. The summed E-state index contributed by atoms with van der Waals surface area (Å²) >= 11 is 0. The van der Waals surface area contributed by atoms with Crippen LogP contribution in [0.2, 0.25) is 0 Å². The Balaban J connectivity index is 1.95. The number of piperidine rings is 1. The predicted molar refractivity (Wildman–Crippen MR) is 85.0 cm³/mol. The summed E-state index contributed by atoms with van der Waals surface area (Å²) in [5.41, 5.74) is 0. The van der Waals surface area contributed by atoms with Crippen LogP contribution in [0.3, 0.4) is 0 Å². The highest BCUT2D eigenvalue weighted by Crippen LogP contribution is 2.16. The fourth-order valence-electron chi connectivity index (χ4n) is 2.52. The fourth-order valence-corrected chi connectivity index (χ4v) is 4.20. The van der Waals surface area contributed by atoms with Gasteiger partial charge in [0.1, 0.15) is 0 Å². The molecule has 0 radical (unpaired) electrons. The smallest absolute Gasteiger partial charge is 0.240 e. The van der Waals surface area contributed by atoms with E-state index < -0.39 is 19.9 Å². The molecule has 1 fully saturated rings. The maximum absolute atomic E-state index is 12.2. The lowest BCUT2D eigenvalue weighted by Crippen LogP contribution is -2.33. The molecule has 0 saturated carbocycles. The first-order chi connectivity index (χ1) is 10.3. The van der Waals surface area contributed by atoms with Gasteiger partial charge in [0.05, 0.1) is 9.79 Å². The maximum atomic E-state index is 12.2. The van der Waals surface area contributed by atoms with Crippen molar-refractivity contribution in [1.29, 1.82) is 0 Å². The third-order valence-electron chi connectivity index (χ3n) is 3.81. The van der Waals surface area contributed by atoms with E-state index in [4.69, 9.17) is 0 Å². The van der Waals surface area contributed by atoms with Gasteiger partial charge in [-0.3, -0.25) is 0 Å². The molecule has 0 spiro atoms. The molecule has 2 N–H and O–H groups in total. The quantitative estimate of drug-likeness (QED) is 0.793.